The average molecular weight is 554 g/mol. The quantitative estimate of drug-likeness (QED) is 0.149. The first-order valence-corrected chi connectivity index (χ1v) is 13.5. The van der Waals surface area contributed by atoms with E-state index >= 15 is 0 Å². The molecule has 4 rings (SSSR count). The summed E-state index contributed by atoms with van der Waals surface area (Å²) < 4.78 is 40.1. The summed E-state index contributed by atoms with van der Waals surface area (Å²) in [7, 11) is -2.69. The number of methoxy groups -OCH3 is 1. The number of carbonyl (C=O) groups excluding carboxylic acids is 2. The molecular formula is C28H31N3O7S. The van der Waals surface area contributed by atoms with Crippen LogP contribution in [0.1, 0.15) is 24.0 Å². The minimum atomic E-state index is -4.02. The summed E-state index contributed by atoms with van der Waals surface area (Å²) in [6, 6.07) is 20.8. The summed E-state index contributed by atoms with van der Waals surface area (Å²) in [5.74, 6) is -0.231. The van der Waals surface area contributed by atoms with Gasteiger partial charge in [-0.1, -0.05) is 54.1 Å². The number of ether oxygens (including phenoxy) is 2. The van der Waals surface area contributed by atoms with Crippen LogP contribution in [-0.2, 0) is 24.4 Å². The molecule has 1 aliphatic heterocycles. The maximum absolute atomic E-state index is 11.8. The molecule has 11 heteroatoms. The van der Waals surface area contributed by atoms with Gasteiger partial charge in [0.15, 0.2) is 0 Å². The van der Waals surface area contributed by atoms with Gasteiger partial charge in [0.1, 0.15) is 18.2 Å². The number of amides is 1. The normalized spacial score (nSPS) is 16.7. The zero-order valence-electron chi connectivity index (χ0n) is 21.6. The first-order valence-electron chi connectivity index (χ1n) is 12.1. The van der Waals surface area contributed by atoms with Crippen LogP contribution in [0.25, 0.3) is 11.1 Å². The maximum atomic E-state index is 11.8. The molecule has 3 aromatic rings. The van der Waals surface area contributed by atoms with Crippen LogP contribution >= 0.6 is 0 Å². The summed E-state index contributed by atoms with van der Waals surface area (Å²) in [6.07, 6.45) is 0.652. The van der Waals surface area contributed by atoms with E-state index < -0.39 is 16.0 Å². The highest BCUT2D eigenvalue weighted by atomic mass is 32.2. The Labute approximate surface area is 227 Å². The van der Waals surface area contributed by atoms with E-state index in [9.17, 15) is 18.0 Å². The molecule has 0 aliphatic carbocycles. The van der Waals surface area contributed by atoms with Crippen LogP contribution in [0.4, 0.5) is 0 Å². The van der Waals surface area contributed by atoms with Gasteiger partial charge in [-0.05, 0) is 48.7 Å². The Hall–Kier alpha value is -4.22. The fraction of sp³-hybridized carbons (Fsp3) is 0.250. The number of esters is 1. The summed E-state index contributed by atoms with van der Waals surface area (Å²) in [5.41, 5.74) is 9.14. The number of nitrogens with one attached hydrogen (secondary N) is 2. The van der Waals surface area contributed by atoms with Gasteiger partial charge < -0.3 is 20.5 Å². The monoisotopic (exact) mass is 553 g/mol. The highest BCUT2D eigenvalue weighted by molar-refractivity contribution is 7.85. The molecular weight excluding hydrogens is 522 g/mol. The molecule has 10 nitrogen and oxygen atoms in total. The van der Waals surface area contributed by atoms with E-state index in [-0.39, 0.29) is 41.7 Å². The van der Waals surface area contributed by atoms with Gasteiger partial charge in [-0.25, -0.2) is 0 Å². The standard InChI is InChI=1S/C21H23N3O4.C7H8O3S/c1-27-21(26)16-10-17(24-19(25)11-16)12-28-18-8-6-14(7-9-18)13-2-4-15(5-3-13)20(22)23;1-6-2-4-7(5-3-6)11(8,9)10/h2-9,16-17H,10-12H2,1H3,(H3,22,23)(H,24,25);2-5H,1H3,(H,8,9,10)/t16-,17-;/m0./s1. The fourth-order valence-electron chi connectivity index (χ4n) is 3.94. The predicted octanol–water partition coefficient (Wildman–Crippen LogP) is 3.33. The molecule has 1 saturated heterocycles. The Bertz CT molecular complexity index is 1410. The van der Waals surface area contributed by atoms with Crippen molar-refractivity contribution in [2.75, 3.05) is 13.7 Å². The molecule has 2 atom stereocenters. The van der Waals surface area contributed by atoms with Crippen LogP contribution in [-0.4, -0.2) is 50.4 Å². The number of nitrogens with two attached hydrogens (primary N) is 1. The number of hydrogen-bond donors (Lipinski definition) is 4. The van der Waals surface area contributed by atoms with Gasteiger partial charge in [-0.15, -0.1) is 0 Å². The highest BCUT2D eigenvalue weighted by Gasteiger charge is 2.32. The second-order valence-electron chi connectivity index (χ2n) is 9.04. The summed E-state index contributed by atoms with van der Waals surface area (Å²) in [6.45, 7) is 2.12. The molecule has 0 spiro atoms. The van der Waals surface area contributed by atoms with Gasteiger partial charge in [0.2, 0.25) is 5.91 Å². The van der Waals surface area contributed by atoms with Crippen LogP contribution in [0.2, 0.25) is 0 Å². The molecule has 3 aromatic carbocycles. The van der Waals surface area contributed by atoms with Crippen molar-refractivity contribution in [1.29, 1.82) is 5.41 Å². The van der Waals surface area contributed by atoms with E-state index in [0.29, 0.717) is 17.7 Å². The van der Waals surface area contributed by atoms with Crippen molar-refractivity contribution in [3.8, 4) is 16.9 Å². The molecule has 1 heterocycles. The molecule has 0 aromatic heterocycles. The number of hydrogen-bond acceptors (Lipinski definition) is 7. The Morgan fingerprint density at radius 3 is 2.10 bits per heavy atom. The smallest absolute Gasteiger partial charge is 0.309 e. The van der Waals surface area contributed by atoms with Gasteiger partial charge in [0.05, 0.1) is 24.0 Å². The van der Waals surface area contributed by atoms with Crippen LogP contribution in [0.15, 0.2) is 77.7 Å². The third-order valence-electron chi connectivity index (χ3n) is 6.05. The third-order valence-corrected chi connectivity index (χ3v) is 6.92. The molecule has 1 fully saturated rings. The van der Waals surface area contributed by atoms with E-state index in [1.165, 1.54) is 19.2 Å². The minimum absolute atomic E-state index is 0.0412. The highest BCUT2D eigenvalue weighted by Crippen LogP contribution is 2.24. The van der Waals surface area contributed by atoms with E-state index in [1.54, 1.807) is 12.1 Å². The van der Waals surface area contributed by atoms with Gasteiger partial charge in [0.25, 0.3) is 10.1 Å². The van der Waals surface area contributed by atoms with E-state index in [2.05, 4.69) is 5.32 Å². The van der Waals surface area contributed by atoms with Crippen LogP contribution in [0.5, 0.6) is 5.75 Å². The molecule has 206 valence electrons. The van der Waals surface area contributed by atoms with Crippen molar-refractivity contribution in [1.82, 2.24) is 5.32 Å². The number of nitrogen functional groups attached to an aromatic ring is 1. The molecule has 39 heavy (non-hydrogen) atoms. The number of piperidine rings is 1. The number of benzene rings is 3. The molecule has 1 amide bonds. The fourth-order valence-corrected chi connectivity index (χ4v) is 4.42. The molecule has 0 saturated carbocycles. The second kappa shape index (κ2) is 13.0. The Balaban J connectivity index is 0.000000320. The zero-order valence-corrected chi connectivity index (χ0v) is 22.4. The van der Waals surface area contributed by atoms with Crippen molar-refractivity contribution >= 4 is 27.8 Å². The largest absolute Gasteiger partial charge is 0.491 e. The van der Waals surface area contributed by atoms with E-state index in [0.717, 1.165) is 16.7 Å². The molecule has 0 bridgehead atoms. The topological polar surface area (TPSA) is 169 Å². The number of aryl methyl sites for hydroxylation is 1. The lowest BCUT2D eigenvalue weighted by atomic mass is 9.92. The summed E-state index contributed by atoms with van der Waals surface area (Å²) >= 11 is 0. The van der Waals surface area contributed by atoms with Gasteiger partial charge >= 0.3 is 5.97 Å². The molecule has 1 aliphatic rings. The minimum Gasteiger partial charge on any atom is -0.491 e. The SMILES string of the molecule is COC(=O)[C@@H]1CC(=O)N[C@H](COc2ccc(-c3ccc(C(=N)N)cc3)cc2)C1.Cc1ccc(S(=O)(=O)O)cc1. The first-order chi connectivity index (χ1) is 18.5. The lowest BCUT2D eigenvalue weighted by Crippen LogP contribution is -2.47. The molecule has 0 unspecified atom stereocenters. The van der Waals surface area contributed by atoms with Gasteiger partial charge in [0, 0.05) is 12.0 Å². The van der Waals surface area contributed by atoms with Crippen LogP contribution < -0.4 is 15.8 Å². The number of carbonyl (C=O) groups is 2. The van der Waals surface area contributed by atoms with Crippen molar-refractivity contribution in [2.45, 2.75) is 30.7 Å². The van der Waals surface area contributed by atoms with Crippen molar-refractivity contribution in [3.05, 3.63) is 83.9 Å². The maximum Gasteiger partial charge on any atom is 0.309 e. The summed E-state index contributed by atoms with van der Waals surface area (Å²) in [4.78, 5) is 23.4. The Morgan fingerprint density at radius 2 is 1.59 bits per heavy atom. The number of amidine groups is 1. The van der Waals surface area contributed by atoms with Crippen LogP contribution in [0, 0.1) is 18.3 Å². The number of rotatable bonds is 7. The van der Waals surface area contributed by atoms with Crippen molar-refractivity contribution < 1.29 is 32.0 Å². The lowest BCUT2D eigenvalue weighted by Gasteiger charge is -2.28. The zero-order chi connectivity index (χ0) is 28.6. The van der Waals surface area contributed by atoms with E-state index in [1.807, 2.05) is 55.5 Å². The van der Waals surface area contributed by atoms with Crippen molar-refractivity contribution in [2.24, 2.45) is 11.7 Å². The molecule has 0 radical (unpaired) electrons. The predicted molar refractivity (Wildman–Crippen MR) is 146 cm³/mol. The first kappa shape index (κ1) is 29.3. The van der Waals surface area contributed by atoms with E-state index in [4.69, 9.17) is 25.2 Å². The average Bonchev–Trinajstić information content (AvgIpc) is 2.91. The summed E-state index contributed by atoms with van der Waals surface area (Å²) in [5, 5.41) is 10.3. The Kier molecular flexibility index (Phi) is 9.80. The van der Waals surface area contributed by atoms with Crippen molar-refractivity contribution in [3.63, 3.8) is 0 Å². The third kappa shape index (κ3) is 8.66. The lowest BCUT2D eigenvalue weighted by molar-refractivity contribution is -0.149. The second-order valence-corrected chi connectivity index (χ2v) is 10.5. The molecule has 5 N–H and O–H groups in total. The van der Waals surface area contributed by atoms with Gasteiger partial charge in [-0.3, -0.25) is 19.6 Å². The Morgan fingerprint density at radius 1 is 1.03 bits per heavy atom. The van der Waals surface area contributed by atoms with Gasteiger partial charge in [-0.2, -0.15) is 8.42 Å². The van der Waals surface area contributed by atoms with Crippen LogP contribution in [0.3, 0.4) is 0 Å².